The molecule has 4 rings (SSSR count). The first-order valence-corrected chi connectivity index (χ1v) is 10.6. The number of ether oxygens (including phenoxy) is 1. The number of thiophene rings is 1. The average Bonchev–Trinajstić information content (AvgIpc) is 3.37. The van der Waals surface area contributed by atoms with Gasteiger partial charge in [-0.3, -0.25) is 4.79 Å². The molecule has 0 atom stereocenters. The van der Waals surface area contributed by atoms with Crippen LogP contribution >= 0.6 is 22.7 Å². The maximum absolute atomic E-state index is 13.0. The third kappa shape index (κ3) is 3.70. The van der Waals surface area contributed by atoms with E-state index in [2.05, 4.69) is 21.3 Å². The molecule has 140 valence electrons. The SMILES string of the molecule is COc1cccc(N2CCN(C(=O)c3sc(-c4ccsc4)nc3C)CC2)c1. The number of amides is 1. The summed E-state index contributed by atoms with van der Waals surface area (Å²) in [5.74, 6) is 0.948. The number of thiazole rings is 1. The summed E-state index contributed by atoms with van der Waals surface area (Å²) in [6.07, 6.45) is 0. The first-order chi connectivity index (χ1) is 13.2. The van der Waals surface area contributed by atoms with E-state index in [0.717, 1.165) is 45.7 Å². The van der Waals surface area contributed by atoms with Crippen molar-refractivity contribution < 1.29 is 9.53 Å². The monoisotopic (exact) mass is 399 g/mol. The molecule has 0 aliphatic carbocycles. The molecule has 1 aromatic carbocycles. The fraction of sp³-hybridized carbons (Fsp3) is 0.300. The average molecular weight is 400 g/mol. The first-order valence-electron chi connectivity index (χ1n) is 8.84. The van der Waals surface area contributed by atoms with Gasteiger partial charge in [-0.05, 0) is 30.5 Å². The van der Waals surface area contributed by atoms with Crippen LogP contribution < -0.4 is 9.64 Å². The van der Waals surface area contributed by atoms with E-state index in [1.165, 1.54) is 11.3 Å². The van der Waals surface area contributed by atoms with E-state index in [-0.39, 0.29) is 5.91 Å². The Bertz CT molecular complexity index is 929. The van der Waals surface area contributed by atoms with Crippen molar-refractivity contribution >= 4 is 34.3 Å². The van der Waals surface area contributed by atoms with Gasteiger partial charge in [0.25, 0.3) is 5.91 Å². The molecular weight excluding hydrogens is 378 g/mol. The molecule has 0 saturated carbocycles. The fourth-order valence-electron chi connectivity index (χ4n) is 3.22. The van der Waals surface area contributed by atoms with E-state index < -0.39 is 0 Å². The third-order valence-electron chi connectivity index (χ3n) is 4.74. The van der Waals surface area contributed by atoms with Gasteiger partial charge in [-0.15, -0.1) is 11.3 Å². The molecule has 3 heterocycles. The van der Waals surface area contributed by atoms with E-state index in [1.807, 2.05) is 41.5 Å². The van der Waals surface area contributed by atoms with Crippen molar-refractivity contribution in [1.29, 1.82) is 0 Å². The van der Waals surface area contributed by atoms with Gasteiger partial charge in [0.1, 0.15) is 15.6 Å². The topological polar surface area (TPSA) is 45.7 Å². The molecule has 1 aliphatic heterocycles. The van der Waals surface area contributed by atoms with Gasteiger partial charge in [0.15, 0.2) is 0 Å². The largest absolute Gasteiger partial charge is 0.497 e. The quantitative estimate of drug-likeness (QED) is 0.661. The Morgan fingerprint density at radius 2 is 2.00 bits per heavy atom. The molecule has 7 heteroatoms. The van der Waals surface area contributed by atoms with E-state index in [0.29, 0.717) is 13.1 Å². The predicted molar refractivity (Wildman–Crippen MR) is 111 cm³/mol. The van der Waals surface area contributed by atoms with Gasteiger partial charge >= 0.3 is 0 Å². The lowest BCUT2D eigenvalue weighted by Crippen LogP contribution is -2.48. The molecule has 1 aliphatic rings. The zero-order valence-electron chi connectivity index (χ0n) is 15.3. The van der Waals surface area contributed by atoms with Crippen LogP contribution in [0.3, 0.4) is 0 Å². The summed E-state index contributed by atoms with van der Waals surface area (Å²) < 4.78 is 5.31. The second-order valence-electron chi connectivity index (χ2n) is 6.43. The molecule has 0 radical (unpaired) electrons. The van der Waals surface area contributed by atoms with Crippen LogP contribution in [0.25, 0.3) is 10.6 Å². The van der Waals surface area contributed by atoms with Crippen molar-refractivity contribution in [2.75, 3.05) is 38.2 Å². The van der Waals surface area contributed by atoms with Gasteiger partial charge in [0, 0.05) is 48.9 Å². The second kappa shape index (κ2) is 7.70. The first kappa shape index (κ1) is 18.0. The van der Waals surface area contributed by atoms with Gasteiger partial charge in [-0.25, -0.2) is 4.98 Å². The minimum atomic E-state index is 0.0942. The highest BCUT2D eigenvalue weighted by molar-refractivity contribution is 7.17. The van der Waals surface area contributed by atoms with Crippen molar-refractivity contribution in [2.45, 2.75) is 6.92 Å². The number of rotatable bonds is 4. The highest BCUT2D eigenvalue weighted by atomic mass is 32.1. The van der Waals surface area contributed by atoms with E-state index in [1.54, 1.807) is 18.4 Å². The second-order valence-corrected chi connectivity index (χ2v) is 8.21. The Kier molecular flexibility index (Phi) is 5.13. The summed E-state index contributed by atoms with van der Waals surface area (Å²) in [7, 11) is 1.68. The van der Waals surface area contributed by atoms with Crippen molar-refractivity contribution in [3.05, 3.63) is 51.7 Å². The molecule has 2 aromatic heterocycles. The molecule has 3 aromatic rings. The Hall–Kier alpha value is -2.38. The smallest absolute Gasteiger partial charge is 0.265 e. The molecule has 1 saturated heterocycles. The Balaban J connectivity index is 1.44. The van der Waals surface area contributed by atoms with Crippen LogP contribution in [0.4, 0.5) is 5.69 Å². The minimum absolute atomic E-state index is 0.0942. The van der Waals surface area contributed by atoms with Crippen molar-refractivity contribution in [2.24, 2.45) is 0 Å². The lowest BCUT2D eigenvalue weighted by Gasteiger charge is -2.36. The van der Waals surface area contributed by atoms with Crippen LogP contribution in [0.1, 0.15) is 15.4 Å². The van der Waals surface area contributed by atoms with Crippen molar-refractivity contribution in [3.8, 4) is 16.3 Å². The Labute approximate surface area is 166 Å². The summed E-state index contributed by atoms with van der Waals surface area (Å²) in [6.45, 7) is 4.97. The van der Waals surface area contributed by atoms with Crippen LogP contribution in [-0.2, 0) is 0 Å². The van der Waals surface area contributed by atoms with Gasteiger partial charge < -0.3 is 14.5 Å². The maximum atomic E-state index is 13.0. The number of aromatic nitrogens is 1. The number of hydrogen-bond acceptors (Lipinski definition) is 6. The highest BCUT2D eigenvalue weighted by Gasteiger charge is 2.26. The van der Waals surface area contributed by atoms with Crippen LogP contribution in [0.15, 0.2) is 41.1 Å². The number of methoxy groups -OCH3 is 1. The fourth-order valence-corrected chi connectivity index (χ4v) is 4.97. The summed E-state index contributed by atoms with van der Waals surface area (Å²) in [5, 5.41) is 5.03. The summed E-state index contributed by atoms with van der Waals surface area (Å²) in [6, 6.07) is 10.1. The molecule has 1 fully saturated rings. The van der Waals surface area contributed by atoms with E-state index >= 15 is 0 Å². The van der Waals surface area contributed by atoms with Crippen molar-refractivity contribution in [3.63, 3.8) is 0 Å². The summed E-state index contributed by atoms with van der Waals surface area (Å²) in [5.41, 5.74) is 3.05. The third-order valence-corrected chi connectivity index (χ3v) is 6.62. The zero-order chi connectivity index (χ0) is 18.8. The van der Waals surface area contributed by atoms with E-state index in [9.17, 15) is 4.79 Å². The Morgan fingerprint density at radius 1 is 1.19 bits per heavy atom. The molecule has 0 spiro atoms. The van der Waals surface area contributed by atoms with Crippen molar-refractivity contribution in [1.82, 2.24) is 9.88 Å². The summed E-state index contributed by atoms with van der Waals surface area (Å²) >= 11 is 3.14. The van der Waals surface area contributed by atoms with Gasteiger partial charge in [0.2, 0.25) is 0 Å². The number of anilines is 1. The van der Waals surface area contributed by atoms with Crippen LogP contribution in [0.2, 0.25) is 0 Å². The zero-order valence-corrected chi connectivity index (χ0v) is 17.0. The van der Waals surface area contributed by atoms with Gasteiger partial charge in [0.05, 0.1) is 12.8 Å². The number of piperazine rings is 1. The molecule has 27 heavy (non-hydrogen) atoms. The number of benzene rings is 1. The number of aryl methyl sites for hydroxylation is 1. The maximum Gasteiger partial charge on any atom is 0.265 e. The number of nitrogens with zero attached hydrogens (tertiary/aromatic N) is 3. The molecular formula is C20H21N3O2S2. The molecule has 5 nitrogen and oxygen atoms in total. The standard InChI is InChI=1S/C20H21N3O2S2/c1-14-18(27-19(21-14)15-6-11-26-13-15)20(24)23-9-7-22(8-10-23)16-4-3-5-17(12-16)25-2/h3-6,11-13H,7-10H2,1-2H3. The minimum Gasteiger partial charge on any atom is -0.497 e. The predicted octanol–water partition coefficient (Wildman–Crippen LogP) is 4.15. The molecule has 0 N–H and O–H groups in total. The van der Waals surface area contributed by atoms with Gasteiger partial charge in [-0.1, -0.05) is 6.07 Å². The van der Waals surface area contributed by atoms with Crippen LogP contribution in [0, 0.1) is 6.92 Å². The number of hydrogen-bond donors (Lipinski definition) is 0. The molecule has 0 bridgehead atoms. The normalized spacial score (nSPS) is 14.4. The van der Waals surface area contributed by atoms with Crippen LogP contribution in [0.5, 0.6) is 5.75 Å². The summed E-state index contributed by atoms with van der Waals surface area (Å²) in [4.78, 5) is 22.6. The highest BCUT2D eigenvalue weighted by Crippen LogP contribution is 2.30. The number of carbonyl (C=O) groups is 1. The van der Waals surface area contributed by atoms with Gasteiger partial charge in [-0.2, -0.15) is 11.3 Å². The molecule has 0 unspecified atom stereocenters. The Morgan fingerprint density at radius 3 is 2.70 bits per heavy atom. The lowest BCUT2D eigenvalue weighted by atomic mass is 10.2. The molecule has 1 amide bonds. The lowest BCUT2D eigenvalue weighted by molar-refractivity contribution is 0.0750. The number of carbonyl (C=O) groups excluding carboxylic acids is 1. The van der Waals surface area contributed by atoms with E-state index in [4.69, 9.17) is 4.74 Å². The van der Waals surface area contributed by atoms with Crippen LogP contribution in [-0.4, -0.2) is 49.1 Å².